The Bertz CT molecular complexity index is 474. The molecule has 0 amide bonds. The van der Waals surface area contributed by atoms with Gasteiger partial charge < -0.3 is 5.32 Å². The molecule has 0 unspecified atom stereocenters. The Labute approximate surface area is 88.5 Å². The number of aromatic nitrogens is 4. The molecule has 0 atom stereocenters. The zero-order valence-electron chi connectivity index (χ0n) is 9.28. The van der Waals surface area contributed by atoms with E-state index >= 15 is 0 Å². The fourth-order valence-corrected chi connectivity index (χ4v) is 1.65. The van der Waals surface area contributed by atoms with Gasteiger partial charge in [0.05, 0.1) is 11.1 Å². The van der Waals surface area contributed by atoms with Crippen LogP contribution in [0.3, 0.4) is 0 Å². The lowest BCUT2D eigenvalue weighted by molar-refractivity contribution is 0.773. The summed E-state index contributed by atoms with van der Waals surface area (Å²) in [6.45, 7) is 5.02. The van der Waals surface area contributed by atoms with Crippen LogP contribution >= 0.6 is 0 Å². The summed E-state index contributed by atoms with van der Waals surface area (Å²) >= 11 is 0. The second-order valence-electron chi connectivity index (χ2n) is 3.56. The minimum Gasteiger partial charge on any atom is -0.369 e. The van der Waals surface area contributed by atoms with Gasteiger partial charge in [0, 0.05) is 13.6 Å². The molecule has 80 valence electrons. The standard InChI is InChI=1S/C10H15N5/c1-4-5-11-9-8-7(2)14-15(3)10(8)13-6-12-9/h6H,4-5H2,1-3H3,(H,11,12,13). The van der Waals surface area contributed by atoms with Crippen LogP contribution in [0.1, 0.15) is 19.0 Å². The summed E-state index contributed by atoms with van der Waals surface area (Å²) in [5, 5.41) is 8.64. The fraction of sp³-hybridized carbons (Fsp3) is 0.500. The molecule has 0 aliphatic rings. The molecule has 0 saturated heterocycles. The molecule has 0 aliphatic carbocycles. The third-order valence-corrected chi connectivity index (χ3v) is 2.34. The van der Waals surface area contributed by atoms with E-state index in [-0.39, 0.29) is 0 Å². The maximum Gasteiger partial charge on any atom is 0.163 e. The topological polar surface area (TPSA) is 55.6 Å². The zero-order valence-corrected chi connectivity index (χ0v) is 9.28. The molecule has 0 spiro atoms. The van der Waals surface area contributed by atoms with Gasteiger partial charge in [-0.3, -0.25) is 4.68 Å². The Kier molecular flexibility index (Phi) is 2.53. The van der Waals surface area contributed by atoms with Crippen molar-refractivity contribution in [3.8, 4) is 0 Å². The van der Waals surface area contributed by atoms with Crippen LogP contribution < -0.4 is 5.32 Å². The van der Waals surface area contributed by atoms with Gasteiger partial charge in [-0.1, -0.05) is 6.92 Å². The quantitative estimate of drug-likeness (QED) is 0.824. The second-order valence-corrected chi connectivity index (χ2v) is 3.56. The number of rotatable bonds is 3. The van der Waals surface area contributed by atoms with Gasteiger partial charge in [-0.25, -0.2) is 9.97 Å². The number of fused-ring (bicyclic) bond motifs is 1. The van der Waals surface area contributed by atoms with Gasteiger partial charge in [0.2, 0.25) is 0 Å². The monoisotopic (exact) mass is 205 g/mol. The molecule has 15 heavy (non-hydrogen) atoms. The van der Waals surface area contributed by atoms with Crippen LogP contribution in [0.15, 0.2) is 6.33 Å². The summed E-state index contributed by atoms with van der Waals surface area (Å²) in [6, 6.07) is 0. The van der Waals surface area contributed by atoms with Gasteiger partial charge in [0.15, 0.2) is 5.65 Å². The van der Waals surface area contributed by atoms with Crippen molar-refractivity contribution >= 4 is 16.9 Å². The third-order valence-electron chi connectivity index (χ3n) is 2.34. The first-order valence-corrected chi connectivity index (χ1v) is 5.12. The average Bonchev–Trinajstić information content (AvgIpc) is 2.53. The van der Waals surface area contributed by atoms with Crippen molar-refractivity contribution < 1.29 is 0 Å². The van der Waals surface area contributed by atoms with Crippen LogP contribution in [0, 0.1) is 6.92 Å². The lowest BCUT2D eigenvalue weighted by atomic mass is 10.3. The molecule has 1 N–H and O–H groups in total. The summed E-state index contributed by atoms with van der Waals surface area (Å²) in [7, 11) is 1.89. The molecular weight excluding hydrogens is 190 g/mol. The fourth-order valence-electron chi connectivity index (χ4n) is 1.65. The minimum atomic E-state index is 0.876. The molecule has 2 heterocycles. The Morgan fingerprint density at radius 3 is 2.93 bits per heavy atom. The maximum atomic E-state index is 4.33. The Morgan fingerprint density at radius 1 is 1.40 bits per heavy atom. The number of anilines is 1. The smallest absolute Gasteiger partial charge is 0.163 e. The van der Waals surface area contributed by atoms with E-state index in [4.69, 9.17) is 0 Å². The normalized spacial score (nSPS) is 10.9. The molecule has 0 saturated carbocycles. The van der Waals surface area contributed by atoms with E-state index in [9.17, 15) is 0 Å². The SMILES string of the molecule is CCCNc1ncnc2c1c(C)nn2C. The van der Waals surface area contributed by atoms with Gasteiger partial charge in [0.1, 0.15) is 12.1 Å². The molecule has 2 aromatic rings. The van der Waals surface area contributed by atoms with Crippen molar-refractivity contribution in [1.29, 1.82) is 0 Å². The summed E-state index contributed by atoms with van der Waals surface area (Å²) in [5.41, 5.74) is 1.84. The summed E-state index contributed by atoms with van der Waals surface area (Å²) in [6.07, 6.45) is 2.65. The number of aryl methyl sites for hydroxylation is 2. The van der Waals surface area contributed by atoms with Crippen molar-refractivity contribution in [2.75, 3.05) is 11.9 Å². The zero-order chi connectivity index (χ0) is 10.8. The van der Waals surface area contributed by atoms with Crippen LogP contribution in [-0.4, -0.2) is 26.3 Å². The molecule has 5 nitrogen and oxygen atoms in total. The largest absolute Gasteiger partial charge is 0.369 e. The van der Waals surface area contributed by atoms with E-state index in [2.05, 4.69) is 27.3 Å². The molecule has 5 heteroatoms. The van der Waals surface area contributed by atoms with Gasteiger partial charge in [-0.05, 0) is 13.3 Å². The van der Waals surface area contributed by atoms with Gasteiger partial charge in [0.25, 0.3) is 0 Å². The van der Waals surface area contributed by atoms with Crippen molar-refractivity contribution in [2.24, 2.45) is 7.05 Å². The summed E-state index contributed by atoms with van der Waals surface area (Å²) in [4.78, 5) is 8.46. The van der Waals surface area contributed by atoms with Crippen LogP contribution in [0.2, 0.25) is 0 Å². The lowest BCUT2D eigenvalue weighted by Crippen LogP contribution is -2.03. The van der Waals surface area contributed by atoms with E-state index in [1.165, 1.54) is 0 Å². The van der Waals surface area contributed by atoms with Crippen molar-refractivity contribution in [2.45, 2.75) is 20.3 Å². The molecule has 2 aromatic heterocycles. The van der Waals surface area contributed by atoms with Crippen LogP contribution in [0.25, 0.3) is 11.0 Å². The molecule has 0 fully saturated rings. The highest BCUT2D eigenvalue weighted by atomic mass is 15.3. The third kappa shape index (κ3) is 1.65. The highest BCUT2D eigenvalue weighted by Crippen LogP contribution is 2.21. The number of hydrogen-bond acceptors (Lipinski definition) is 4. The number of hydrogen-bond donors (Lipinski definition) is 1. The van der Waals surface area contributed by atoms with Gasteiger partial charge >= 0.3 is 0 Å². The molecule has 0 radical (unpaired) electrons. The van der Waals surface area contributed by atoms with Gasteiger partial charge in [-0.2, -0.15) is 5.10 Å². The number of nitrogens with zero attached hydrogens (tertiary/aromatic N) is 4. The minimum absolute atomic E-state index is 0.876. The first kappa shape index (κ1) is 9.89. The Balaban J connectivity index is 2.54. The lowest BCUT2D eigenvalue weighted by Gasteiger charge is -2.04. The van der Waals surface area contributed by atoms with Crippen LogP contribution in [-0.2, 0) is 7.05 Å². The van der Waals surface area contributed by atoms with Crippen molar-refractivity contribution in [3.05, 3.63) is 12.0 Å². The van der Waals surface area contributed by atoms with Crippen molar-refractivity contribution in [1.82, 2.24) is 19.7 Å². The predicted molar refractivity (Wildman–Crippen MR) is 59.8 cm³/mol. The Hall–Kier alpha value is -1.65. The molecule has 0 bridgehead atoms. The average molecular weight is 205 g/mol. The van der Waals surface area contributed by atoms with E-state index in [0.717, 1.165) is 35.5 Å². The summed E-state index contributed by atoms with van der Waals surface area (Å²) < 4.78 is 1.78. The van der Waals surface area contributed by atoms with Crippen molar-refractivity contribution in [3.63, 3.8) is 0 Å². The number of nitrogens with one attached hydrogen (secondary N) is 1. The Morgan fingerprint density at radius 2 is 2.20 bits per heavy atom. The molecule has 0 aliphatic heterocycles. The van der Waals surface area contributed by atoms with E-state index < -0.39 is 0 Å². The predicted octanol–water partition coefficient (Wildman–Crippen LogP) is 1.49. The van der Waals surface area contributed by atoms with Gasteiger partial charge in [-0.15, -0.1) is 0 Å². The highest BCUT2D eigenvalue weighted by Gasteiger charge is 2.10. The van der Waals surface area contributed by atoms with E-state index in [1.54, 1.807) is 11.0 Å². The van der Waals surface area contributed by atoms with E-state index in [1.807, 2.05) is 14.0 Å². The second kappa shape index (κ2) is 3.84. The van der Waals surface area contributed by atoms with Crippen LogP contribution in [0.4, 0.5) is 5.82 Å². The first-order chi connectivity index (χ1) is 7.24. The molecule has 2 rings (SSSR count). The summed E-state index contributed by atoms with van der Waals surface area (Å²) in [5.74, 6) is 0.882. The highest BCUT2D eigenvalue weighted by molar-refractivity contribution is 5.88. The molecule has 0 aromatic carbocycles. The van der Waals surface area contributed by atoms with E-state index in [0.29, 0.717) is 0 Å². The molecular formula is C10H15N5. The maximum absolute atomic E-state index is 4.33. The first-order valence-electron chi connectivity index (χ1n) is 5.12. The van der Waals surface area contributed by atoms with Crippen LogP contribution in [0.5, 0.6) is 0 Å².